The number of amides is 1. The third-order valence-electron chi connectivity index (χ3n) is 4.70. The summed E-state index contributed by atoms with van der Waals surface area (Å²) in [5, 5.41) is 0.497. The number of thiazole rings is 1. The summed E-state index contributed by atoms with van der Waals surface area (Å²) in [4.78, 5) is 26.3. The van der Waals surface area contributed by atoms with Crippen LogP contribution >= 0.6 is 22.9 Å². The molecule has 0 aliphatic carbocycles. The van der Waals surface area contributed by atoms with Gasteiger partial charge in [-0.15, -0.1) is 0 Å². The van der Waals surface area contributed by atoms with E-state index < -0.39 is 10.0 Å². The molecule has 0 saturated carbocycles. The van der Waals surface area contributed by atoms with Crippen LogP contribution in [0.2, 0.25) is 5.02 Å². The highest BCUT2D eigenvalue weighted by Crippen LogP contribution is 2.24. The molecule has 0 radical (unpaired) electrons. The van der Waals surface area contributed by atoms with Gasteiger partial charge in [0.1, 0.15) is 6.54 Å². The average molecular weight is 468 g/mol. The number of nitrogens with zero attached hydrogens (tertiary/aromatic N) is 2. The Morgan fingerprint density at radius 3 is 2.53 bits per heavy atom. The maximum absolute atomic E-state index is 12.7. The van der Waals surface area contributed by atoms with Gasteiger partial charge in [0.05, 0.1) is 28.3 Å². The SMILES string of the molecule is O=C(Cn1c(=O)sc2cc(S(=O)(=O)Nc3ccc(Cl)cc3)ccc21)N1CCOCC1. The van der Waals surface area contributed by atoms with Crippen LogP contribution in [0.3, 0.4) is 0 Å². The lowest BCUT2D eigenvalue weighted by Crippen LogP contribution is -2.43. The van der Waals surface area contributed by atoms with Crippen LogP contribution in [0.1, 0.15) is 0 Å². The van der Waals surface area contributed by atoms with Gasteiger partial charge in [0.25, 0.3) is 10.0 Å². The first-order valence-electron chi connectivity index (χ1n) is 9.11. The van der Waals surface area contributed by atoms with Crippen molar-refractivity contribution in [3.8, 4) is 0 Å². The van der Waals surface area contributed by atoms with Crippen molar-refractivity contribution >= 4 is 54.8 Å². The van der Waals surface area contributed by atoms with Gasteiger partial charge in [0, 0.05) is 23.8 Å². The maximum atomic E-state index is 12.7. The molecular weight excluding hydrogens is 450 g/mol. The number of hydrogen-bond donors (Lipinski definition) is 1. The van der Waals surface area contributed by atoms with Crippen LogP contribution in [-0.4, -0.2) is 50.1 Å². The summed E-state index contributed by atoms with van der Waals surface area (Å²) >= 11 is 6.74. The molecule has 1 aliphatic heterocycles. The second kappa shape index (κ2) is 8.38. The molecule has 1 aromatic heterocycles. The lowest BCUT2D eigenvalue weighted by atomic mass is 10.3. The molecule has 3 aromatic rings. The number of sulfonamides is 1. The number of aromatic nitrogens is 1. The molecule has 4 rings (SSSR count). The van der Waals surface area contributed by atoms with E-state index >= 15 is 0 Å². The molecule has 0 atom stereocenters. The number of fused-ring (bicyclic) bond motifs is 1. The Hall–Kier alpha value is -2.40. The van der Waals surface area contributed by atoms with Crippen LogP contribution in [0.25, 0.3) is 10.2 Å². The highest BCUT2D eigenvalue weighted by molar-refractivity contribution is 7.92. The number of anilines is 1. The summed E-state index contributed by atoms with van der Waals surface area (Å²) in [6, 6.07) is 10.7. The number of ether oxygens (including phenoxy) is 1. The summed E-state index contributed by atoms with van der Waals surface area (Å²) in [7, 11) is -3.85. The van der Waals surface area contributed by atoms with Gasteiger partial charge in [0.2, 0.25) is 5.91 Å². The molecule has 2 aromatic carbocycles. The molecule has 1 aliphatic rings. The van der Waals surface area contributed by atoms with Crippen molar-refractivity contribution in [2.45, 2.75) is 11.4 Å². The Kier molecular flexibility index (Phi) is 5.83. The standard InChI is InChI=1S/C19H18ClN3O5S2/c20-13-1-3-14(4-2-13)21-30(26,27)15-5-6-16-17(11-15)29-19(25)23(16)12-18(24)22-7-9-28-10-8-22/h1-6,11,21H,7-10,12H2. The average Bonchev–Trinajstić information content (AvgIpc) is 3.04. The largest absolute Gasteiger partial charge is 0.378 e. The molecule has 1 saturated heterocycles. The monoisotopic (exact) mass is 467 g/mol. The molecule has 8 nitrogen and oxygen atoms in total. The number of benzene rings is 2. The van der Waals surface area contributed by atoms with Crippen molar-refractivity contribution in [2.24, 2.45) is 0 Å². The minimum Gasteiger partial charge on any atom is -0.378 e. The molecule has 0 spiro atoms. The minimum atomic E-state index is -3.85. The summed E-state index contributed by atoms with van der Waals surface area (Å²) in [6.07, 6.45) is 0. The van der Waals surface area contributed by atoms with E-state index in [0.717, 1.165) is 11.3 Å². The van der Waals surface area contributed by atoms with Crippen molar-refractivity contribution < 1.29 is 17.9 Å². The fourth-order valence-electron chi connectivity index (χ4n) is 3.14. The first-order valence-corrected chi connectivity index (χ1v) is 11.8. The lowest BCUT2D eigenvalue weighted by Gasteiger charge is -2.26. The molecule has 1 fully saturated rings. The van der Waals surface area contributed by atoms with E-state index in [4.69, 9.17) is 16.3 Å². The zero-order valence-electron chi connectivity index (χ0n) is 15.7. The zero-order valence-corrected chi connectivity index (χ0v) is 18.1. The van der Waals surface area contributed by atoms with Gasteiger partial charge in [-0.1, -0.05) is 22.9 Å². The minimum absolute atomic E-state index is 0.0258. The molecule has 30 heavy (non-hydrogen) atoms. The van der Waals surface area contributed by atoms with Crippen LogP contribution in [0, 0.1) is 0 Å². The third-order valence-corrected chi connectivity index (χ3v) is 7.28. The molecule has 0 bridgehead atoms. The number of carbonyl (C=O) groups excluding carboxylic acids is 1. The van der Waals surface area contributed by atoms with Crippen molar-refractivity contribution in [2.75, 3.05) is 31.0 Å². The number of carbonyl (C=O) groups is 1. The molecule has 11 heteroatoms. The molecule has 158 valence electrons. The second-order valence-electron chi connectivity index (χ2n) is 6.69. The number of morpholine rings is 1. The van der Waals surface area contributed by atoms with Crippen molar-refractivity contribution in [1.82, 2.24) is 9.47 Å². The van der Waals surface area contributed by atoms with Gasteiger partial charge < -0.3 is 9.64 Å². The first-order chi connectivity index (χ1) is 14.3. The first kappa shape index (κ1) is 20.9. The Labute approximate surface area is 181 Å². The van der Waals surface area contributed by atoms with Crippen molar-refractivity contribution in [3.05, 3.63) is 57.2 Å². The van der Waals surface area contributed by atoms with Gasteiger partial charge in [-0.05, 0) is 42.5 Å². The van der Waals surface area contributed by atoms with Gasteiger partial charge in [0.15, 0.2) is 0 Å². The lowest BCUT2D eigenvalue weighted by molar-refractivity contribution is -0.135. The van der Waals surface area contributed by atoms with E-state index in [9.17, 15) is 18.0 Å². The van der Waals surface area contributed by atoms with Crippen LogP contribution in [0.15, 0.2) is 52.2 Å². The quantitative estimate of drug-likeness (QED) is 0.621. The topological polar surface area (TPSA) is 97.7 Å². The number of nitrogens with one attached hydrogen (secondary N) is 1. The highest BCUT2D eigenvalue weighted by atomic mass is 35.5. The fourth-order valence-corrected chi connectivity index (χ4v) is 5.36. The van der Waals surface area contributed by atoms with E-state index in [2.05, 4.69) is 4.72 Å². The van der Waals surface area contributed by atoms with Crippen LogP contribution in [-0.2, 0) is 26.1 Å². The van der Waals surface area contributed by atoms with E-state index in [1.165, 1.54) is 16.7 Å². The predicted molar refractivity (Wildman–Crippen MR) is 116 cm³/mol. The number of hydrogen-bond acceptors (Lipinski definition) is 6. The van der Waals surface area contributed by atoms with E-state index in [0.29, 0.717) is 47.2 Å². The van der Waals surface area contributed by atoms with Crippen LogP contribution < -0.4 is 9.60 Å². The Bertz CT molecular complexity index is 1250. The molecule has 1 N–H and O–H groups in total. The summed E-state index contributed by atoms with van der Waals surface area (Å²) < 4.78 is 35.0. The smallest absolute Gasteiger partial charge is 0.308 e. The second-order valence-corrected chi connectivity index (χ2v) is 9.80. The molecule has 1 amide bonds. The van der Waals surface area contributed by atoms with Gasteiger partial charge in [-0.2, -0.15) is 0 Å². The van der Waals surface area contributed by atoms with E-state index in [1.807, 2.05) is 0 Å². The fraction of sp³-hybridized carbons (Fsp3) is 0.263. The van der Waals surface area contributed by atoms with Crippen LogP contribution in [0.5, 0.6) is 0 Å². The maximum Gasteiger partial charge on any atom is 0.308 e. The zero-order chi connectivity index (χ0) is 21.3. The van der Waals surface area contributed by atoms with Gasteiger partial charge >= 0.3 is 4.87 Å². The molecule has 2 heterocycles. The Morgan fingerprint density at radius 1 is 1.13 bits per heavy atom. The Balaban J connectivity index is 1.60. The number of rotatable bonds is 5. The van der Waals surface area contributed by atoms with Crippen LogP contribution in [0.4, 0.5) is 5.69 Å². The van der Waals surface area contributed by atoms with Crippen molar-refractivity contribution in [3.63, 3.8) is 0 Å². The molecular formula is C19H18ClN3O5S2. The van der Waals surface area contributed by atoms with E-state index in [-0.39, 0.29) is 22.2 Å². The van der Waals surface area contributed by atoms with Gasteiger partial charge in [-0.25, -0.2) is 8.42 Å². The summed E-state index contributed by atoms with van der Waals surface area (Å²) in [5.74, 6) is -0.166. The summed E-state index contributed by atoms with van der Waals surface area (Å²) in [6.45, 7) is 1.86. The van der Waals surface area contributed by atoms with Crippen molar-refractivity contribution in [1.29, 1.82) is 0 Å². The predicted octanol–water partition coefficient (Wildman–Crippen LogP) is 2.38. The molecule has 0 unspecified atom stereocenters. The summed E-state index contributed by atoms with van der Waals surface area (Å²) in [5.41, 5.74) is 0.901. The third kappa shape index (κ3) is 4.36. The van der Waals surface area contributed by atoms with Gasteiger partial charge in [-0.3, -0.25) is 18.9 Å². The normalized spacial score (nSPS) is 14.8. The highest BCUT2D eigenvalue weighted by Gasteiger charge is 2.21. The number of halogens is 1. The van der Waals surface area contributed by atoms with E-state index in [1.54, 1.807) is 35.2 Å². The Morgan fingerprint density at radius 2 is 1.83 bits per heavy atom.